The second kappa shape index (κ2) is 7.03. The number of likely N-dealkylation sites (tertiary alicyclic amines) is 1. The minimum absolute atomic E-state index is 0.288. The van der Waals surface area contributed by atoms with Crippen LogP contribution >= 0.6 is 23.4 Å². The van der Waals surface area contributed by atoms with Crippen LogP contribution in [0.25, 0.3) is 0 Å². The van der Waals surface area contributed by atoms with Gasteiger partial charge in [0.1, 0.15) is 0 Å². The van der Waals surface area contributed by atoms with Crippen LogP contribution < -0.4 is 5.32 Å². The number of amides is 1. The Bertz CT molecular complexity index is 517. The van der Waals surface area contributed by atoms with Crippen LogP contribution in [-0.2, 0) is 4.79 Å². The molecular weight excluding hydrogens is 304 g/mol. The number of carbonyl (C=O) groups is 1. The highest BCUT2D eigenvalue weighted by atomic mass is 35.5. The normalized spacial score (nSPS) is 21.4. The monoisotopic (exact) mass is 324 g/mol. The van der Waals surface area contributed by atoms with Crippen LogP contribution in [-0.4, -0.2) is 36.2 Å². The zero-order valence-corrected chi connectivity index (χ0v) is 13.7. The number of benzene rings is 1. The molecule has 3 nitrogen and oxygen atoms in total. The van der Waals surface area contributed by atoms with E-state index in [-0.39, 0.29) is 5.91 Å². The lowest BCUT2D eigenvalue weighted by Gasteiger charge is -2.26. The van der Waals surface area contributed by atoms with Gasteiger partial charge in [-0.2, -0.15) is 0 Å². The van der Waals surface area contributed by atoms with Crippen LogP contribution in [0.1, 0.15) is 37.3 Å². The van der Waals surface area contributed by atoms with Gasteiger partial charge in [-0.15, -0.1) is 11.8 Å². The van der Waals surface area contributed by atoms with Crippen LogP contribution in [0.4, 0.5) is 0 Å². The minimum Gasteiger partial charge on any atom is -0.343 e. The first kappa shape index (κ1) is 15.2. The summed E-state index contributed by atoms with van der Waals surface area (Å²) in [5.74, 6) is 1.41. The summed E-state index contributed by atoms with van der Waals surface area (Å²) < 4.78 is 0. The molecule has 1 aromatic carbocycles. The van der Waals surface area contributed by atoms with Gasteiger partial charge in [-0.25, -0.2) is 0 Å². The van der Waals surface area contributed by atoms with E-state index >= 15 is 0 Å². The number of rotatable bonds is 4. The fourth-order valence-corrected chi connectivity index (χ4v) is 4.34. The molecule has 1 N–H and O–H groups in total. The third-order valence-corrected chi connectivity index (χ3v) is 5.56. The third-order valence-electron chi connectivity index (χ3n) is 4.20. The van der Waals surface area contributed by atoms with E-state index in [2.05, 4.69) is 17.4 Å². The molecule has 0 bridgehead atoms. The number of hydrogen-bond donors (Lipinski definition) is 1. The Morgan fingerprint density at radius 3 is 3.00 bits per heavy atom. The first-order valence-electron chi connectivity index (χ1n) is 7.67. The molecule has 1 fully saturated rings. The Balaban J connectivity index is 1.54. The molecule has 2 aliphatic rings. The average molecular weight is 325 g/mol. The number of nitrogens with zero attached hydrogens (tertiary/aromatic N) is 1. The lowest BCUT2D eigenvalue weighted by Crippen LogP contribution is -2.32. The van der Waals surface area contributed by atoms with Gasteiger partial charge in [0.05, 0.1) is 0 Å². The molecule has 3 rings (SSSR count). The minimum atomic E-state index is 0.288. The van der Waals surface area contributed by atoms with Gasteiger partial charge in [-0.1, -0.05) is 11.6 Å². The maximum Gasteiger partial charge on any atom is 0.223 e. The molecule has 0 aliphatic carbocycles. The smallest absolute Gasteiger partial charge is 0.223 e. The summed E-state index contributed by atoms with van der Waals surface area (Å²) in [5, 5.41) is 4.33. The molecule has 2 aliphatic heterocycles. The first-order valence-corrected chi connectivity index (χ1v) is 9.04. The molecule has 0 radical (unpaired) electrons. The number of nitrogens with one attached hydrogen (secondary N) is 1. The molecule has 1 amide bonds. The SMILES string of the molecule is O=C(CCNC1CCSc2ccc(Cl)cc21)N1CCCC1. The number of hydrogen-bond acceptors (Lipinski definition) is 3. The average Bonchev–Trinajstić information content (AvgIpc) is 3.02. The highest BCUT2D eigenvalue weighted by Gasteiger charge is 2.22. The number of carbonyl (C=O) groups excluding carboxylic acids is 1. The lowest BCUT2D eigenvalue weighted by atomic mass is 10.0. The van der Waals surface area contributed by atoms with Crippen LogP contribution in [0.5, 0.6) is 0 Å². The van der Waals surface area contributed by atoms with E-state index in [1.54, 1.807) is 0 Å². The molecule has 1 aromatic rings. The van der Waals surface area contributed by atoms with Gasteiger partial charge in [-0.3, -0.25) is 4.79 Å². The van der Waals surface area contributed by atoms with Gasteiger partial charge in [0.15, 0.2) is 0 Å². The fraction of sp³-hybridized carbons (Fsp3) is 0.562. The van der Waals surface area contributed by atoms with Crippen molar-refractivity contribution >= 4 is 29.3 Å². The molecular formula is C16H21ClN2OS. The van der Waals surface area contributed by atoms with Crippen molar-refractivity contribution in [3.63, 3.8) is 0 Å². The van der Waals surface area contributed by atoms with Gasteiger partial charge in [0.2, 0.25) is 5.91 Å². The maximum atomic E-state index is 12.0. The zero-order valence-electron chi connectivity index (χ0n) is 12.1. The van der Waals surface area contributed by atoms with Crippen LogP contribution in [0.2, 0.25) is 5.02 Å². The van der Waals surface area contributed by atoms with E-state index in [4.69, 9.17) is 11.6 Å². The van der Waals surface area contributed by atoms with Crippen molar-refractivity contribution in [3.8, 4) is 0 Å². The molecule has 114 valence electrons. The summed E-state index contributed by atoms with van der Waals surface area (Å²) in [6.07, 6.45) is 4.01. The fourth-order valence-electron chi connectivity index (χ4n) is 3.06. The Morgan fingerprint density at radius 2 is 2.19 bits per heavy atom. The molecule has 2 heterocycles. The predicted molar refractivity (Wildman–Crippen MR) is 88.0 cm³/mol. The summed E-state index contributed by atoms with van der Waals surface area (Å²) >= 11 is 8.00. The van der Waals surface area contributed by atoms with Crippen LogP contribution in [0.3, 0.4) is 0 Å². The maximum absolute atomic E-state index is 12.0. The second-order valence-corrected chi connectivity index (χ2v) is 7.24. The quantitative estimate of drug-likeness (QED) is 0.920. The molecule has 0 aromatic heterocycles. The van der Waals surface area contributed by atoms with Crippen molar-refractivity contribution in [1.82, 2.24) is 10.2 Å². The van der Waals surface area contributed by atoms with E-state index < -0.39 is 0 Å². The standard InChI is InChI=1S/C16H21ClN2OS/c17-12-3-4-15-13(11-12)14(6-10-21-15)18-7-5-16(20)19-8-1-2-9-19/h3-4,11,14,18H,1-2,5-10H2. The molecule has 21 heavy (non-hydrogen) atoms. The zero-order chi connectivity index (χ0) is 14.7. The van der Waals surface area contributed by atoms with Gasteiger partial charge in [0, 0.05) is 42.0 Å². The van der Waals surface area contributed by atoms with E-state index in [0.717, 1.165) is 49.7 Å². The van der Waals surface area contributed by atoms with Crippen molar-refractivity contribution < 1.29 is 4.79 Å². The number of halogens is 1. The van der Waals surface area contributed by atoms with Crippen LogP contribution in [0, 0.1) is 0 Å². The predicted octanol–water partition coefficient (Wildman–Crippen LogP) is 3.48. The van der Waals surface area contributed by atoms with E-state index in [0.29, 0.717) is 12.5 Å². The highest BCUT2D eigenvalue weighted by Crippen LogP contribution is 2.37. The Labute approximate surface area is 135 Å². The molecule has 0 spiro atoms. The van der Waals surface area contributed by atoms with Gasteiger partial charge in [0.25, 0.3) is 0 Å². The molecule has 1 atom stereocenters. The third kappa shape index (κ3) is 3.74. The van der Waals surface area contributed by atoms with E-state index in [9.17, 15) is 4.79 Å². The van der Waals surface area contributed by atoms with Crippen molar-refractivity contribution in [2.75, 3.05) is 25.4 Å². The Hall–Kier alpha value is -0.710. The molecule has 0 saturated carbocycles. The summed E-state index contributed by atoms with van der Waals surface area (Å²) in [6, 6.07) is 6.44. The molecule has 1 unspecified atom stereocenters. The molecule has 1 saturated heterocycles. The largest absolute Gasteiger partial charge is 0.343 e. The summed E-state index contributed by atoms with van der Waals surface area (Å²) in [7, 11) is 0. The Morgan fingerprint density at radius 1 is 1.38 bits per heavy atom. The van der Waals surface area contributed by atoms with Crippen molar-refractivity contribution in [1.29, 1.82) is 0 Å². The number of thioether (sulfide) groups is 1. The van der Waals surface area contributed by atoms with Crippen molar-refractivity contribution in [2.45, 2.75) is 36.6 Å². The molecule has 5 heteroatoms. The lowest BCUT2D eigenvalue weighted by molar-refractivity contribution is -0.130. The van der Waals surface area contributed by atoms with Gasteiger partial charge < -0.3 is 10.2 Å². The van der Waals surface area contributed by atoms with Crippen molar-refractivity contribution in [3.05, 3.63) is 28.8 Å². The highest BCUT2D eigenvalue weighted by molar-refractivity contribution is 7.99. The number of fused-ring (bicyclic) bond motifs is 1. The second-order valence-electron chi connectivity index (χ2n) is 5.66. The topological polar surface area (TPSA) is 32.3 Å². The van der Waals surface area contributed by atoms with E-state index in [1.807, 2.05) is 22.7 Å². The van der Waals surface area contributed by atoms with E-state index in [1.165, 1.54) is 10.5 Å². The van der Waals surface area contributed by atoms with Crippen LogP contribution in [0.15, 0.2) is 23.1 Å². The summed E-state index contributed by atoms with van der Waals surface area (Å²) in [6.45, 7) is 2.63. The Kier molecular flexibility index (Phi) is 5.09. The summed E-state index contributed by atoms with van der Waals surface area (Å²) in [5.41, 5.74) is 1.28. The first-order chi connectivity index (χ1) is 10.2. The summed E-state index contributed by atoms with van der Waals surface area (Å²) in [4.78, 5) is 15.4. The van der Waals surface area contributed by atoms with Gasteiger partial charge >= 0.3 is 0 Å². The van der Waals surface area contributed by atoms with Gasteiger partial charge in [-0.05, 0) is 48.8 Å². The van der Waals surface area contributed by atoms with Crippen molar-refractivity contribution in [2.24, 2.45) is 0 Å².